The highest BCUT2D eigenvalue weighted by molar-refractivity contribution is 4.84. The van der Waals surface area contributed by atoms with E-state index < -0.39 is 6.17 Å². The minimum atomic E-state index is -0.778. The van der Waals surface area contributed by atoms with Gasteiger partial charge in [0.2, 0.25) is 0 Å². The third-order valence-electron chi connectivity index (χ3n) is 0.637. The van der Waals surface area contributed by atoms with Crippen LogP contribution < -0.4 is 0 Å². The maximum Gasteiger partial charge on any atom is 0.115 e. The molecule has 1 unspecified atom stereocenters. The van der Waals surface area contributed by atoms with E-state index in [0.29, 0.717) is 0 Å². The largest absolute Gasteiger partial charge is 0.243 e. The number of hydrogen-bond acceptors (Lipinski definition) is 0. The second-order valence-corrected chi connectivity index (χ2v) is 1.51. The van der Waals surface area contributed by atoms with Crippen LogP contribution in [0.2, 0.25) is 0 Å². The zero-order valence-electron chi connectivity index (χ0n) is 4.82. The van der Waals surface area contributed by atoms with Gasteiger partial charge in [-0.15, -0.1) is 0 Å². The van der Waals surface area contributed by atoms with Crippen molar-refractivity contribution in [1.29, 1.82) is 0 Å². The molecule has 0 rings (SSSR count). The minimum absolute atomic E-state index is 0.778. The fraction of sp³-hybridized carbons (Fsp3) is 0.667. The lowest BCUT2D eigenvalue weighted by Crippen LogP contribution is -1.80. The Hall–Kier alpha value is -0.330. The van der Waals surface area contributed by atoms with Gasteiger partial charge in [-0.05, 0) is 13.3 Å². The van der Waals surface area contributed by atoms with E-state index in [0.717, 1.165) is 6.42 Å². The average molecular weight is 102 g/mol. The van der Waals surface area contributed by atoms with Crippen LogP contribution in [0.3, 0.4) is 0 Å². The molecule has 0 spiro atoms. The van der Waals surface area contributed by atoms with E-state index in [9.17, 15) is 4.39 Å². The SMILES string of the molecule is CC/C=C\C(C)F. The normalized spacial score (nSPS) is 15.3. The van der Waals surface area contributed by atoms with Gasteiger partial charge < -0.3 is 0 Å². The number of rotatable bonds is 2. The quantitative estimate of drug-likeness (QED) is 0.469. The first-order valence-corrected chi connectivity index (χ1v) is 2.58. The molecule has 0 aromatic heterocycles. The van der Waals surface area contributed by atoms with Crippen molar-refractivity contribution in [2.24, 2.45) is 0 Å². The van der Waals surface area contributed by atoms with E-state index in [1.54, 1.807) is 6.08 Å². The highest BCUT2D eigenvalue weighted by Crippen LogP contribution is 1.90. The summed E-state index contributed by atoms with van der Waals surface area (Å²) in [6.07, 6.45) is 3.53. The average Bonchev–Trinajstić information content (AvgIpc) is 1.61. The molecule has 0 amide bonds. The van der Waals surface area contributed by atoms with Crippen molar-refractivity contribution >= 4 is 0 Å². The molecule has 0 nitrogen and oxygen atoms in total. The molecule has 42 valence electrons. The van der Waals surface area contributed by atoms with Crippen LogP contribution in [0.1, 0.15) is 20.3 Å². The zero-order chi connectivity index (χ0) is 5.70. The van der Waals surface area contributed by atoms with Gasteiger partial charge in [-0.25, -0.2) is 4.39 Å². The number of alkyl halides is 1. The van der Waals surface area contributed by atoms with Crippen LogP contribution in [-0.4, -0.2) is 6.17 Å². The van der Waals surface area contributed by atoms with Crippen LogP contribution in [0.15, 0.2) is 12.2 Å². The van der Waals surface area contributed by atoms with Crippen LogP contribution in [0, 0.1) is 0 Å². The summed E-state index contributed by atoms with van der Waals surface area (Å²) in [5.41, 5.74) is 0. The Kier molecular flexibility index (Phi) is 3.67. The first-order chi connectivity index (χ1) is 3.27. The topological polar surface area (TPSA) is 0 Å². The number of allylic oxidation sites excluding steroid dienone is 2. The van der Waals surface area contributed by atoms with Gasteiger partial charge >= 0.3 is 0 Å². The van der Waals surface area contributed by atoms with Crippen LogP contribution in [0.5, 0.6) is 0 Å². The van der Waals surface area contributed by atoms with Crippen molar-refractivity contribution in [1.82, 2.24) is 0 Å². The molecule has 0 aromatic rings. The van der Waals surface area contributed by atoms with Gasteiger partial charge in [0, 0.05) is 0 Å². The molecule has 0 aromatic carbocycles. The molecule has 0 N–H and O–H groups in total. The molecule has 0 heterocycles. The summed E-state index contributed by atoms with van der Waals surface area (Å²) in [7, 11) is 0. The third-order valence-corrected chi connectivity index (χ3v) is 0.637. The van der Waals surface area contributed by atoms with Gasteiger partial charge in [0.1, 0.15) is 6.17 Å². The van der Waals surface area contributed by atoms with Crippen LogP contribution in [0.4, 0.5) is 4.39 Å². The summed E-state index contributed by atoms with van der Waals surface area (Å²) in [5.74, 6) is 0. The molecule has 0 radical (unpaired) electrons. The Morgan fingerprint density at radius 3 is 2.43 bits per heavy atom. The van der Waals surface area contributed by atoms with Gasteiger partial charge in [-0.1, -0.05) is 19.1 Å². The molecule has 1 atom stereocenters. The van der Waals surface area contributed by atoms with Crippen molar-refractivity contribution in [2.45, 2.75) is 26.4 Å². The van der Waals surface area contributed by atoms with E-state index in [1.807, 2.05) is 13.0 Å². The van der Waals surface area contributed by atoms with Crippen LogP contribution in [-0.2, 0) is 0 Å². The summed E-state index contributed by atoms with van der Waals surface area (Å²) in [4.78, 5) is 0. The van der Waals surface area contributed by atoms with Gasteiger partial charge in [-0.3, -0.25) is 0 Å². The molecular weight excluding hydrogens is 91.1 g/mol. The van der Waals surface area contributed by atoms with Gasteiger partial charge in [-0.2, -0.15) is 0 Å². The Morgan fingerprint density at radius 2 is 2.29 bits per heavy atom. The smallest absolute Gasteiger partial charge is 0.115 e. The Morgan fingerprint density at radius 1 is 1.71 bits per heavy atom. The van der Waals surface area contributed by atoms with E-state index in [-0.39, 0.29) is 0 Å². The fourth-order valence-electron chi connectivity index (χ4n) is 0.324. The second kappa shape index (κ2) is 3.85. The lowest BCUT2D eigenvalue weighted by atomic mass is 10.3. The molecule has 0 aliphatic heterocycles. The predicted octanol–water partition coefficient (Wildman–Crippen LogP) is 2.31. The fourth-order valence-corrected chi connectivity index (χ4v) is 0.324. The van der Waals surface area contributed by atoms with E-state index in [2.05, 4.69) is 0 Å². The number of hydrogen-bond donors (Lipinski definition) is 0. The standard InChI is InChI=1S/C6H11F/c1-3-4-5-6(2)7/h4-6H,3H2,1-2H3/b5-4-. The Bertz CT molecular complexity index is 55.2. The van der Waals surface area contributed by atoms with Crippen molar-refractivity contribution in [2.75, 3.05) is 0 Å². The second-order valence-electron chi connectivity index (χ2n) is 1.51. The summed E-state index contributed by atoms with van der Waals surface area (Å²) >= 11 is 0. The lowest BCUT2D eigenvalue weighted by Gasteiger charge is -1.85. The van der Waals surface area contributed by atoms with E-state index in [4.69, 9.17) is 0 Å². The van der Waals surface area contributed by atoms with Gasteiger partial charge in [0.15, 0.2) is 0 Å². The zero-order valence-corrected chi connectivity index (χ0v) is 4.82. The van der Waals surface area contributed by atoms with Crippen molar-refractivity contribution < 1.29 is 4.39 Å². The molecule has 0 bridgehead atoms. The number of halogens is 1. The maximum atomic E-state index is 11.8. The van der Waals surface area contributed by atoms with Crippen molar-refractivity contribution in [3.8, 4) is 0 Å². The maximum absolute atomic E-state index is 11.8. The first-order valence-electron chi connectivity index (χ1n) is 2.58. The monoisotopic (exact) mass is 102 g/mol. The van der Waals surface area contributed by atoms with Crippen LogP contribution in [0.25, 0.3) is 0 Å². The van der Waals surface area contributed by atoms with E-state index >= 15 is 0 Å². The molecule has 0 saturated carbocycles. The predicted molar refractivity (Wildman–Crippen MR) is 30.0 cm³/mol. The molecule has 0 aliphatic rings. The first kappa shape index (κ1) is 6.67. The molecule has 7 heavy (non-hydrogen) atoms. The summed E-state index contributed by atoms with van der Waals surface area (Å²) in [6.45, 7) is 3.50. The molecule has 0 aliphatic carbocycles. The lowest BCUT2D eigenvalue weighted by molar-refractivity contribution is 0.430. The van der Waals surface area contributed by atoms with Crippen LogP contribution >= 0.6 is 0 Å². The minimum Gasteiger partial charge on any atom is -0.243 e. The highest BCUT2D eigenvalue weighted by atomic mass is 19.1. The van der Waals surface area contributed by atoms with Gasteiger partial charge in [0.25, 0.3) is 0 Å². The Labute approximate surface area is 44.0 Å². The highest BCUT2D eigenvalue weighted by Gasteiger charge is 1.83. The summed E-state index contributed by atoms with van der Waals surface area (Å²) in [6, 6.07) is 0. The molecule has 1 heteroatoms. The van der Waals surface area contributed by atoms with Gasteiger partial charge in [0.05, 0.1) is 0 Å². The van der Waals surface area contributed by atoms with Crippen molar-refractivity contribution in [3.05, 3.63) is 12.2 Å². The molecule has 0 saturated heterocycles. The summed E-state index contributed by atoms with van der Waals surface area (Å²) in [5, 5.41) is 0. The summed E-state index contributed by atoms with van der Waals surface area (Å²) < 4.78 is 11.8. The Balaban J connectivity index is 3.08. The third kappa shape index (κ3) is 5.67. The molecular formula is C6H11F. The molecule has 0 fully saturated rings. The van der Waals surface area contributed by atoms with E-state index in [1.165, 1.54) is 6.92 Å². The van der Waals surface area contributed by atoms with Crippen molar-refractivity contribution in [3.63, 3.8) is 0 Å².